The van der Waals surface area contributed by atoms with Crippen LogP contribution in [-0.4, -0.2) is 82.9 Å². The Labute approximate surface area is 407 Å². The second-order valence-corrected chi connectivity index (χ2v) is 19.2. The van der Waals surface area contributed by atoms with Gasteiger partial charge < -0.3 is 40.2 Å². The van der Waals surface area contributed by atoms with Gasteiger partial charge in [0.25, 0.3) is 0 Å². The number of amides is 4. The van der Waals surface area contributed by atoms with Gasteiger partial charge in [-0.25, -0.2) is 9.59 Å². The van der Waals surface area contributed by atoms with Gasteiger partial charge in [0.15, 0.2) is 0 Å². The maximum Gasteiger partial charge on any atom is 0.408 e. The van der Waals surface area contributed by atoms with Crippen LogP contribution >= 0.6 is 0 Å². The number of methoxy groups -OCH3 is 2. The van der Waals surface area contributed by atoms with Crippen molar-refractivity contribution in [2.45, 2.75) is 117 Å². The van der Waals surface area contributed by atoms with Crippen molar-refractivity contribution in [3.8, 4) is 22.3 Å². The number of aromatic nitrogens is 2. The van der Waals surface area contributed by atoms with E-state index in [9.17, 15) is 38.4 Å². The van der Waals surface area contributed by atoms with Gasteiger partial charge in [0.1, 0.15) is 22.8 Å². The first kappa shape index (κ1) is 53.5. The van der Waals surface area contributed by atoms with Gasteiger partial charge in [-0.1, -0.05) is 31.2 Å². The summed E-state index contributed by atoms with van der Waals surface area (Å²) >= 11 is 0. The summed E-state index contributed by atoms with van der Waals surface area (Å²) in [5.74, 6) is -3.53. The summed E-state index contributed by atoms with van der Waals surface area (Å²) in [6, 6.07) is 16.4. The molecule has 0 unspecified atom stereocenters. The van der Waals surface area contributed by atoms with Crippen molar-refractivity contribution >= 4 is 58.9 Å². The number of rotatable bonds is 6. The average molecular weight is 963 g/mol. The maximum atomic E-state index is 12.9. The SMILES string of the molecule is COC(=O)Cc1ccc2c(c1)NC(=O)[C@H](C)C(=O)CC[C@H](NC(=O)OC(C)(C)C)c1cc-2ccn1.COC(=O)Cc1ccc2c(c1)NC(=O)[C@H](C)CC(=O)C[C@H](NC(=O)OC(C)(C)C)c1cc-2ccn1. The lowest BCUT2D eigenvalue weighted by molar-refractivity contribution is -0.140. The van der Waals surface area contributed by atoms with Gasteiger partial charge in [-0.15, -0.1) is 0 Å². The van der Waals surface area contributed by atoms with Crippen LogP contribution in [0.4, 0.5) is 21.0 Å². The molecule has 4 bridgehead atoms. The van der Waals surface area contributed by atoms with E-state index < -0.39 is 65.2 Å². The minimum Gasteiger partial charge on any atom is -0.469 e. The minimum absolute atomic E-state index is 0.00475. The van der Waals surface area contributed by atoms with Crippen LogP contribution in [0.25, 0.3) is 22.3 Å². The predicted octanol–water partition coefficient (Wildman–Crippen LogP) is 7.93. The number of carbonyl (C=O) groups is 8. The highest BCUT2D eigenvalue weighted by Gasteiger charge is 2.30. The van der Waals surface area contributed by atoms with E-state index in [1.165, 1.54) is 14.2 Å². The van der Waals surface area contributed by atoms with E-state index in [4.69, 9.17) is 18.9 Å². The molecule has 6 rings (SSSR count). The highest BCUT2D eigenvalue weighted by Crippen LogP contribution is 2.35. The molecule has 4 N–H and O–H groups in total. The standard InChI is InChI=1S/2C26H31N3O6/c1-15-10-18(30)14-22(29-25(33)35-26(2,3)4)21-13-17(8-9-27-21)19-7-6-16(12-23(31)34-5)11-20(19)28-24(15)32;1-15-22(30)9-8-19(29-25(33)35-26(2,3)4)21-14-17(10-11-27-21)18-7-6-16(13-23(31)34-5)12-20(18)28-24(15)32/h6-9,11,13,15,22H,10,12,14H2,1-5H3,(H,28,32)(H,29,33);6-7,10-12,14-15,19H,8-9,13H2,1-5H3,(H,28,32)(H,29,33)/t15-,22+;15-,19+/m11/s1. The molecular formula is C52H62N6O12. The number of nitrogens with one attached hydrogen (secondary N) is 4. The Morgan fingerprint density at radius 2 is 1.09 bits per heavy atom. The number of nitrogens with zero attached hydrogens (tertiary/aromatic N) is 2. The quantitative estimate of drug-likeness (QED) is 0.0814. The van der Waals surface area contributed by atoms with Gasteiger partial charge >= 0.3 is 24.1 Å². The molecule has 4 heterocycles. The van der Waals surface area contributed by atoms with E-state index >= 15 is 0 Å². The average Bonchev–Trinajstić information content (AvgIpc) is 3.28. The van der Waals surface area contributed by atoms with Crippen LogP contribution in [-0.2, 0) is 60.6 Å². The first-order chi connectivity index (χ1) is 32.9. The molecule has 18 heteroatoms. The summed E-state index contributed by atoms with van der Waals surface area (Å²) in [5.41, 5.74) is 4.84. The highest BCUT2D eigenvalue weighted by molar-refractivity contribution is 6.08. The van der Waals surface area contributed by atoms with Crippen LogP contribution in [0.3, 0.4) is 0 Å². The number of ether oxygens (including phenoxy) is 4. The monoisotopic (exact) mass is 962 g/mol. The number of alkyl carbamates (subject to hydrolysis) is 2. The van der Waals surface area contributed by atoms with E-state index in [-0.39, 0.29) is 56.0 Å². The molecular weight excluding hydrogens is 901 g/mol. The Morgan fingerprint density at radius 1 is 0.629 bits per heavy atom. The van der Waals surface area contributed by atoms with Crippen molar-refractivity contribution in [3.05, 3.63) is 95.6 Å². The van der Waals surface area contributed by atoms with Gasteiger partial charge in [0.05, 0.1) is 56.5 Å². The third kappa shape index (κ3) is 15.5. The van der Waals surface area contributed by atoms with Gasteiger partial charge in [-0.05, 0) is 114 Å². The van der Waals surface area contributed by atoms with Crippen LogP contribution in [0, 0.1) is 11.8 Å². The molecule has 2 aromatic carbocycles. The number of benzene rings is 2. The Balaban J connectivity index is 0.000000261. The summed E-state index contributed by atoms with van der Waals surface area (Å²) in [7, 11) is 2.63. The molecule has 2 aromatic heterocycles. The van der Waals surface area contributed by atoms with Crippen molar-refractivity contribution in [1.82, 2.24) is 20.6 Å². The van der Waals surface area contributed by atoms with E-state index in [0.29, 0.717) is 45.0 Å². The second kappa shape index (κ2) is 23.2. The van der Waals surface area contributed by atoms with Gasteiger partial charge in [0.2, 0.25) is 11.8 Å². The smallest absolute Gasteiger partial charge is 0.408 e. The Kier molecular flexibility index (Phi) is 17.7. The van der Waals surface area contributed by atoms with E-state index in [0.717, 1.165) is 11.1 Å². The number of anilines is 2. The Hall–Kier alpha value is -7.50. The van der Waals surface area contributed by atoms with Crippen molar-refractivity contribution in [1.29, 1.82) is 0 Å². The Morgan fingerprint density at radius 3 is 1.56 bits per heavy atom. The lowest BCUT2D eigenvalue weighted by Gasteiger charge is -2.24. The topological polar surface area (TPSA) is 247 Å². The molecule has 4 aromatic rings. The van der Waals surface area contributed by atoms with Crippen LogP contribution < -0.4 is 21.3 Å². The van der Waals surface area contributed by atoms with Gasteiger partial charge in [-0.2, -0.15) is 0 Å². The number of hydrogen-bond acceptors (Lipinski definition) is 14. The molecule has 4 atom stereocenters. The van der Waals surface area contributed by atoms with Crippen LogP contribution in [0.5, 0.6) is 0 Å². The summed E-state index contributed by atoms with van der Waals surface area (Å²) in [6.45, 7) is 13.8. The van der Waals surface area contributed by atoms with E-state index in [1.807, 2.05) is 12.1 Å². The zero-order chi connectivity index (χ0) is 51.5. The van der Waals surface area contributed by atoms with Crippen LogP contribution in [0.15, 0.2) is 73.1 Å². The summed E-state index contributed by atoms with van der Waals surface area (Å²) < 4.78 is 20.3. The fourth-order valence-electron chi connectivity index (χ4n) is 7.52. The summed E-state index contributed by atoms with van der Waals surface area (Å²) in [4.78, 5) is 109. The van der Waals surface area contributed by atoms with Gasteiger partial charge in [-0.3, -0.25) is 38.7 Å². The summed E-state index contributed by atoms with van der Waals surface area (Å²) in [6.07, 6.45) is 2.30. The minimum atomic E-state index is -0.903. The van der Waals surface area contributed by atoms with E-state index in [2.05, 4.69) is 31.2 Å². The third-order valence-electron chi connectivity index (χ3n) is 11.1. The normalized spacial score (nSPS) is 18.3. The molecule has 18 nitrogen and oxygen atoms in total. The first-order valence-electron chi connectivity index (χ1n) is 22.9. The molecule has 4 amide bonds. The Bertz CT molecular complexity index is 2630. The zero-order valence-electron chi connectivity index (χ0n) is 41.3. The molecule has 0 aliphatic carbocycles. The maximum absolute atomic E-state index is 12.9. The lowest BCUT2D eigenvalue weighted by atomic mass is 9.94. The number of ketones is 2. The molecule has 70 heavy (non-hydrogen) atoms. The zero-order valence-corrected chi connectivity index (χ0v) is 41.3. The molecule has 0 radical (unpaired) electrons. The van der Waals surface area contributed by atoms with Crippen molar-refractivity contribution in [2.24, 2.45) is 11.8 Å². The number of esters is 2. The molecule has 0 spiro atoms. The highest BCUT2D eigenvalue weighted by atomic mass is 16.6. The summed E-state index contributed by atoms with van der Waals surface area (Å²) in [5, 5.41) is 11.3. The second-order valence-electron chi connectivity index (χ2n) is 19.2. The number of pyridine rings is 2. The van der Waals surface area contributed by atoms with Crippen LogP contribution in [0.1, 0.15) is 116 Å². The van der Waals surface area contributed by atoms with Crippen molar-refractivity contribution in [2.75, 3.05) is 24.9 Å². The fraction of sp³-hybridized carbons (Fsp3) is 0.423. The predicted molar refractivity (Wildman–Crippen MR) is 259 cm³/mol. The van der Waals surface area contributed by atoms with E-state index in [1.54, 1.807) is 116 Å². The first-order valence-corrected chi connectivity index (χ1v) is 22.9. The lowest BCUT2D eigenvalue weighted by Crippen LogP contribution is -2.36. The van der Waals surface area contributed by atoms with Crippen molar-refractivity contribution < 1.29 is 57.3 Å². The van der Waals surface area contributed by atoms with Crippen LogP contribution in [0.2, 0.25) is 0 Å². The molecule has 2 aliphatic rings. The molecule has 2 aliphatic heterocycles. The molecule has 0 saturated carbocycles. The molecule has 0 saturated heterocycles. The van der Waals surface area contributed by atoms with Gasteiger partial charge in [0, 0.05) is 60.1 Å². The van der Waals surface area contributed by atoms with Crippen molar-refractivity contribution in [3.63, 3.8) is 0 Å². The largest absolute Gasteiger partial charge is 0.469 e. The number of carbonyl (C=O) groups excluding carboxylic acids is 8. The molecule has 0 fully saturated rings. The number of hydrogen-bond donors (Lipinski definition) is 4. The molecule has 372 valence electrons. The number of Topliss-reactive ketones (excluding diaryl/α,β-unsaturated/α-hetero) is 2. The third-order valence-corrected chi connectivity index (χ3v) is 11.1. The number of fused-ring (bicyclic) bond motifs is 8. The fourth-order valence-corrected chi connectivity index (χ4v) is 7.52.